The van der Waals surface area contributed by atoms with Gasteiger partial charge in [-0.1, -0.05) is 66.7 Å². The van der Waals surface area contributed by atoms with E-state index in [0.717, 1.165) is 12.8 Å². The largest absolute Gasteiger partial charge is 0.364 e. The highest BCUT2D eigenvalue weighted by Gasteiger charge is 2.42. The molecule has 3 rings (SSSR count). The van der Waals surface area contributed by atoms with E-state index in [1.807, 2.05) is 0 Å². The Morgan fingerprint density at radius 2 is 1.67 bits per heavy atom. The Morgan fingerprint density at radius 3 is 2.28 bits per heavy atom. The number of sulfone groups is 1. The van der Waals surface area contributed by atoms with Crippen LogP contribution in [-0.2, 0) is 30.7 Å². The van der Waals surface area contributed by atoms with E-state index < -0.39 is 33.2 Å². The van der Waals surface area contributed by atoms with Crippen LogP contribution in [-0.4, -0.2) is 49.5 Å². The van der Waals surface area contributed by atoms with Crippen LogP contribution in [0.2, 0.25) is 10.0 Å². The molecule has 0 aromatic heterocycles. The van der Waals surface area contributed by atoms with Crippen LogP contribution in [0, 0.1) is 5.41 Å². The highest BCUT2D eigenvalue weighted by atomic mass is 35.5. The van der Waals surface area contributed by atoms with Crippen molar-refractivity contribution in [3.05, 3.63) is 63.6 Å². The average molecular weight is 600 g/mol. The van der Waals surface area contributed by atoms with Crippen molar-refractivity contribution in [3.63, 3.8) is 0 Å². The molecule has 2 aromatic carbocycles. The molecule has 9 nitrogen and oxygen atoms in total. The summed E-state index contributed by atoms with van der Waals surface area (Å²) < 4.78 is 23.0. The van der Waals surface area contributed by atoms with Gasteiger partial charge in [-0.25, -0.2) is 13.2 Å². The first-order chi connectivity index (χ1) is 18.5. The minimum Gasteiger partial charge on any atom is -0.342 e. The van der Waals surface area contributed by atoms with E-state index in [2.05, 4.69) is 15.5 Å². The number of benzene rings is 2. The summed E-state index contributed by atoms with van der Waals surface area (Å²) in [5, 5.41) is 15.0. The summed E-state index contributed by atoms with van der Waals surface area (Å²) in [7, 11) is -3.10. The third kappa shape index (κ3) is 8.41. The zero-order valence-electron chi connectivity index (χ0n) is 21.5. The Morgan fingerprint density at radius 1 is 1.03 bits per heavy atom. The number of hydrogen-bond donors (Lipinski definition) is 3. The van der Waals surface area contributed by atoms with E-state index in [1.54, 1.807) is 30.3 Å². The van der Waals surface area contributed by atoms with Gasteiger partial charge in [0, 0.05) is 29.5 Å². The maximum atomic E-state index is 13.5. The molecule has 1 saturated carbocycles. The molecule has 39 heavy (non-hydrogen) atoms. The Hall–Kier alpha value is -2.66. The summed E-state index contributed by atoms with van der Waals surface area (Å²) in [5.41, 5.74) is 0.215. The van der Waals surface area contributed by atoms with Crippen molar-refractivity contribution in [1.29, 1.82) is 0 Å². The van der Waals surface area contributed by atoms with Crippen molar-refractivity contribution in [2.75, 3.05) is 17.3 Å². The van der Waals surface area contributed by atoms with Crippen LogP contribution < -0.4 is 10.6 Å². The Balaban J connectivity index is 1.77. The molecule has 1 fully saturated rings. The Labute approximate surface area is 238 Å². The van der Waals surface area contributed by atoms with Crippen LogP contribution in [0.1, 0.15) is 60.9 Å². The minimum atomic E-state index is -3.10. The fourth-order valence-electron chi connectivity index (χ4n) is 4.98. The molecule has 1 unspecified atom stereocenters. The van der Waals surface area contributed by atoms with Crippen molar-refractivity contribution in [2.45, 2.75) is 57.4 Å². The lowest BCUT2D eigenvalue weighted by Gasteiger charge is -2.30. The maximum Gasteiger partial charge on any atom is 0.364 e. The van der Waals surface area contributed by atoms with Crippen LogP contribution in [0.15, 0.2) is 42.5 Å². The second-order valence-electron chi connectivity index (χ2n) is 9.92. The van der Waals surface area contributed by atoms with Gasteiger partial charge in [-0.05, 0) is 49.4 Å². The number of anilines is 1. The molecule has 212 valence electrons. The van der Waals surface area contributed by atoms with E-state index in [9.17, 15) is 22.8 Å². The number of carbonyl (C=O) groups is 3. The number of hydrogen-bond acceptors (Lipinski definition) is 7. The number of nitrogens with one attached hydrogen (secondary N) is 2. The van der Waals surface area contributed by atoms with Crippen LogP contribution >= 0.6 is 23.2 Å². The third-order valence-electron chi connectivity index (χ3n) is 7.02. The van der Waals surface area contributed by atoms with Crippen molar-refractivity contribution in [3.8, 4) is 0 Å². The van der Waals surface area contributed by atoms with Crippen LogP contribution in [0.25, 0.3) is 0 Å². The first-order valence-corrected chi connectivity index (χ1v) is 15.4. The molecule has 12 heteroatoms. The second-order valence-corrected chi connectivity index (χ2v) is 13.0. The van der Waals surface area contributed by atoms with Gasteiger partial charge in [0.05, 0.1) is 15.6 Å². The first kappa shape index (κ1) is 30.9. The summed E-state index contributed by atoms with van der Waals surface area (Å²) in [5.74, 6) is -1.91. The van der Waals surface area contributed by atoms with Crippen LogP contribution in [0.4, 0.5) is 5.69 Å². The molecular weight excluding hydrogens is 567 g/mol. The number of para-hydroxylation sites is 1. The standard InChI is InChI=1S/C27H32Cl2N2O7S/c1-39(36,37)16-7-6-15-27(13-4-5-14-27)26(34)31-22(25(33)38-35)17-18-9-2-3-12-21(18)30-24(32)23-19(28)10-8-11-20(23)29/h2-3,8-12,22,35H,4-7,13-17H2,1H3,(H,30,32)(H,31,34). The van der Waals surface area contributed by atoms with Gasteiger partial charge in [0.2, 0.25) is 5.91 Å². The molecule has 0 bridgehead atoms. The summed E-state index contributed by atoms with van der Waals surface area (Å²) in [6.45, 7) is 0. The Bertz CT molecular complexity index is 1290. The zero-order chi connectivity index (χ0) is 28.6. The fourth-order valence-corrected chi connectivity index (χ4v) is 6.28. The number of rotatable bonds is 12. The van der Waals surface area contributed by atoms with Crippen LogP contribution in [0.3, 0.4) is 0 Å². The zero-order valence-corrected chi connectivity index (χ0v) is 23.9. The molecule has 1 aliphatic carbocycles. The summed E-state index contributed by atoms with van der Waals surface area (Å²) in [4.78, 5) is 42.9. The summed E-state index contributed by atoms with van der Waals surface area (Å²) in [6.07, 6.45) is 5.49. The van der Waals surface area contributed by atoms with Gasteiger partial charge in [-0.2, -0.15) is 5.26 Å². The lowest BCUT2D eigenvalue weighted by molar-refractivity contribution is -0.236. The minimum absolute atomic E-state index is 0.0477. The molecule has 0 spiro atoms. The van der Waals surface area contributed by atoms with Crippen molar-refractivity contribution in [1.82, 2.24) is 5.32 Å². The number of carbonyl (C=O) groups excluding carboxylic acids is 3. The average Bonchev–Trinajstić information content (AvgIpc) is 3.36. The van der Waals surface area contributed by atoms with Gasteiger partial charge in [0.25, 0.3) is 5.91 Å². The van der Waals surface area contributed by atoms with E-state index >= 15 is 0 Å². The second kappa shape index (κ2) is 13.6. The number of halogens is 2. The van der Waals surface area contributed by atoms with Crippen molar-refractivity contribution < 1.29 is 32.9 Å². The predicted octanol–water partition coefficient (Wildman–Crippen LogP) is 5.06. The predicted molar refractivity (Wildman–Crippen MR) is 150 cm³/mol. The SMILES string of the molecule is CS(=O)(=O)CCCCC1(C(=O)NC(Cc2ccccc2NC(=O)c2c(Cl)cccc2Cl)C(=O)OO)CCCC1. The summed E-state index contributed by atoms with van der Waals surface area (Å²) in [6, 6.07) is 10.1. The quantitative estimate of drug-likeness (QED) is 0.176. The van der Waals surface area contributed by atoms with Gasteiger partial charge < -0.3 is 10.6 Å². The number of unbranched alkanes of at least 4 members (excludes halogenated alkanes) is 1. The number of amides is 2. The molecule has 3 N–H and O–H groups in total. The molecule has 1 aliphatic rings. The van der Waals surface area contributed by atoms with Gasteiger partial charge >= 0.3 is 5.97 Å². The van der Waals surface area contributed by atoms with Crippen molar-refractivity contribution in [2.24, 2.45) is 5.41 Å². The van der Waals surface area contributed by atoms with Gasteiger partial charge in [0.1, 0.15) is 15.9 Å². The maximum absolute atomic E-state index is 13.5. The highest BCUT2D eigenvalue weighted by molar-refractivity contribution is 7.90. The topological polar surface area (TPSA) is 139 Å². The molecule has 2 aromatic rings. The third-order valence-corrected chi connectivity index (χ3v) is 8.68. The van der Waals surface area contributed by atoms with E-state index in [1.165, 1.54) is 18.4 Å². The fraction of sp³-hybridized carbons (Fsp3) is 0.444. The molecule has 2 amide bonds. The molecule has 0 radical (unpaired) electrons. The monoisotopic (exact) mass is 598 g/mol. The van der Waals surface area contributed by atoms with Crippen LogP contribution in [0.5, 0.6) is 0 Å². The van der Waals surface area contributed by atoms with Crippen molar-refractivity contribution >= 4 is 56.5 Å². The smallest absolute Gasteiger partial charge is 0.342 e. The lowest BCUT2D eigenvalue weighted by atomic mass is 9.80. The Kier molecular flexibility index (Phi) is 10.8. The summed E-state index contributed by atoms with van der Waals surface area (Å²) >= 11 is 12.3. The highest BCUT2D eigenvalue weighted by Crippen LogP contribution is 2.43. The molecular formula is C27H32Cl2N2O7S. The normalized spacial score (nSPS) is 15.4. The molecule has 0 heterocycles. The molecule has 0 saturated heterocycles. The molecule has 0 aliphatic heterocycles. The molecule has 1 atom stereocenters. The van der Waals surface area contributed by atoms with E-state index in [0.29, 0.717) is 43.4 Å². The lowest BCUT2D eigenvalue weighted by Crippen LogP contribution is -2.49. The van der Waals surface area contributed by atoms with E-state index in [-0.39, 0.29) is 33.7 Å². The first-order valence-electron chi connectivity index (χ1n) is 12.6. The van der Waals surface area contributed by atoms with Gasteiger partial charge in [-0.15, -0.1) is 0 Å². The van der Waals surface area contributed by atoms with Gasteiger partial charge in [0.15, 0.2) is 0 Å². The van der Waals surface area contributed by atoms with E-state index in [4.69, 9.17) is 28.5 Å². The van der Waals surface area contributed by atoms with Gasteiger partial charge in [-0.3, -0.25) is 14.5 Å².